The molecule has 0 aromatic carbocycles. The Morgan fingerprint density at radius 2 is 1.60 bits per heavy atom. The highest BCUT2D eigenvalue weighted by atomic mass is 32.2. The van der Waals surface area contributed by atoms with E-state index < -0.39 is 0 Å². The zero-order valence-electron chi connectivity index (χ0n) is 5.99. The van der Waals surface area contributed by atoms with Crippen molar-refractivity contribution in [2.24, 2.45) is 23.7 Å². The van der Waals surface area contributed by atoms with E-state index in [4.69, 9.17) is 0 Å². The second kappa shape index (κ2) is 1.82. The van der Waals surface area contributed by atoms with Gasteiger partial charge >= 0.3 is 0 Å². The summed E-state index contributed by atoms with van der Waals surface area (Å²) in [5.41, 5.74) is 0. The van der Waals surface area contributed by atoms with Gasteiger partial charge in [0.05, 0.1) is 0 Å². The summed E-state index contributed by atoms with van der Waals surface area (Å²) < 4.78 is 0. The van der Waals surface area contributed by atoms with Crippen molar-refractivity contribution in [3.8, 4) is 0 Å². The molecule has 2 aliphatic carbocycles. The predicted octanol–water partition coefficient (Wildman–Crippen LogP) is 2.17. The summed E-state index contributed by atoms with van der Waals surface area (Å²) in [6.45, 7) is 0. The smallest absolute Gasteiger partial charge is 0.00302 e. The van der Waals surface area contributed by atoms with E-state index in [2.05, 4.69) is 23.9 Å². The highest BCUT2D eigenvalue weighted by Crippen LogP contribution is 2.53. The van der Waals surface area contributed by atoms with Gasteiger partial charge in [0.15, 0.2) is 0 Å². The van der Waals surface area contributed by atoms with Gasteiger partial charge < -0.3 is 0 Å². The fourth-order valence-electron chi connectivity index (χ4n) is 2.86. The van der Waals surface area contributed by atoms with Crippen LogP contribution in [0.25, 0.3) is 0 Å². The molecular weight excluding hydrogens is 140 g/mol. The van der Waals surface area contributed by atoms with Gasteiger partial charge in [0.1, 0.15) is 0 Å². The van der Waals surface area contributed by atoms with Crippen molar-refractivity contribution in [2.45, 2.75) is 6.42 Å². The molecule has 1 heterocycles. The van der Waals surface area contributed by atoms with Crippen molar-refractivity contribution < 1.29 is 0 Å². The van der Waals surface area contributed by atoms with Crippen LogP contribution in [0.2, 0.25) is 0 Å². The van der Waals surface area contributed by atoms with E-state index in [1.54, 1.807) is 0 Å². The molecule has 1 saturated carbocycles. The van der Waals surface area contributed by atoms with E-state index in [1.807, 2.05) is 0 Å². The fourth-order valence-corrected chi connectivity index (χ4v) is 4.53. The van der Waals surface area contributed by atoms with Crippen molar-refractivity contribution in [2.75, 3.05) is 11.5 Å². The SMILES string of the molecule is C1=C[C@H]2C[C@@H]1C1CSCC12. The van der Waals surface area contributed by atoms with Gasteiger partial charge in [-0.3, -0.25) is 0 Å². The molecule has 1 aliphatic heterocycles. The van der Waals surface area contributed by atoms with Crippen molar-refractivity contribution >= 4 is 11.8 Å². The monoisotopic (exact) mass is 152 g/mol. The van der Waals surface area contributed by atoms with Gasteiger partial charge in [-0.25, -0.2) is 0 Å². The molecule has 0 aromatic rings. The first-order valence-corrected chi connectivity index (χ1v) is 5.37. The fraction of sp³-hybridized carbons (Fsp3) is 0.778. The van der Waals surface area contributed by atoms with Crippen LogP contribution >= 0.6 is 11.8 Å². The van der Waals surface area contributed by atoms with Crippen LogP contribution in [0.4, 0.5) is 0 Å². The second-order valence-electron chi connectivity index (χ2n) is 3.81. The summed E-state index contributed by atoms with van der Waals surface area (Å²) in [6, 6.07) is 0. The summed E-state index contributed by atoms with van der Waals surface area (Å²) in [5, 5.41) is 0. The Morgan fingerprint density at radius 3 is 2.20 bits per heavy atom. The van der Waals surface area contributed by atoms with Crippen molar-refractivity contribution in [3.63, 3.8) is 0 Å². The zero-order chi connectivity index (χ0) is 6.55. The van der Waals surface area contributed by atoms with Gasteiger partial charge in [-0.1, -0.05) is 12.2 Å². The van der Waals surface area contributed by atoms with Gasteiger partial charge in [0.2, 0.25) is 0 Å². The molecule has 2 bridgehead atoms. The van der Waals surface area contributed by atoms with E-state index in [0.29, 0.717) is 0 Å². The van der Waals surface area contributed by atoms with Crippen LogP contribution in [0.15, 0.2) is 12.2 Å². The molecule has 4 atom stereocenters. The molecule has 0 N–H and O–H groups in total. The first-order chi connectivity index (χ1) is 4.95. The Morgan fingerprint density at radius 1 is 1.00 bits per heavy atom. The van der Waals surface area contributed by atoms with Crippen LogP contribution in [0.5, 0.6) is 0 Å². The highest BCUT2D eigenvalue weighted by molar-refractivity contribution is 7.99. The second-order valence-corrected chi connectivity index (χ2v) is 4.89. The Bertz CT molecular complexity index is 167. The third-order valence-corrected chi connectivity index (χ3v) is 4.66. The van der Waals surface area contributed by atoms with Crippen molar-refractivity contribution in [1.29, 1.82) is 0 Å². The lowest BCUT2D eigenvalue weighted by Crippen LogP contribution is -2.16. The molecule has 0 radical (unpaired) electrons. The number of hydrogen-bond acceptors (Lipinski definition) is 1. The molecule has 2 fully saturated rings. The van der Waals surface area contributed by atoms with Gasteiger partial charge in [-0.05, 0) is 41.6 Å². The lowest BCUT2D eigenvalue weighted by atomic mass is 9.86. The molecule has 0 nitrogen and oxygen atoms in total. The minimum Gasteiger partial charge on any atom is -0.161 e. The molecule has 1 saturated heterocycles. The van der Waals surface area contributed by atoms with E-state index in [-0.39, 0.29) is 0 Å². The van der Waals surface area contributed by atoms with Gasteiger partial charge in [-0.2, -0.15) is 11.8 Å². The molecule has 0 aromatic heterocycles. The number of rotatable bonds is 0. The largest absolute Gasteiger partial charge is 0.161 e. The zero-order valence-corrected chi connectivity index (χ0v) is 6.81. The van der Waals surface area contributed by atoms with E-state index in [1.165, 1.54) is 17.9 Å². The normalized spacial score (nSPS) is 56.0. The summed E-state index contributed by atoms with van der Waals surface area (Å²) in [6.07, 6.45) is 6.44. The highest BCUT2D eigenvalue weighted by Gasteiger charge is 2.46. The molecule has 10 heavy (non-hydrogen) atoms. The maximum absolute atomic E-state index is 2.47. The summed E-state index contributed by atoms with van der Waals surface area (Å²) in [7, 11) is 0. The Balaban J connectivity index is 1.99. The number of thioether (sulfide) groups is 1. The maximum atomic E-state index is 2.47. The maximum Gasteiger partial charge on any atom is -0.00302 e. The van der Waals surface area contributed by atoms with E-state index in [0.717, 1.165) is 23.7 Å². The summed E-state index contributed by atoms with van der Waals surface area (Å²) in [5.74, 6) is 7.06. The standard InChI is InChI=1S/C9H12S/c1-2-7-3-6(1)8-4-10-5-9(7)8/h1-2,6-9H,3-5H2/t6-,7+,8?,9?. The number of hydrogen-bond donors (Lipinski definition) is 0. The first kappa shape index (κ1) is 5.70. The predicted molar refractivity (Wildman–Crippen MR) is 45.0 cm³/mol. The minimum absolute atomic E-state index is 0.991. The van der Waals surface area contributed by atoms with Crippen LogP contribution in [0, 0.1) is 23.7 Å². The Labute approximate surface area is 66.1 Å². The molecule has 1 heteroatoms. The van der Waals surface area contributed by atoms with E-state index >= 15 is 0 Å². The summed E-state index contributed by atoms with van der Waals surface area (Å²) >= 11 is 2.17. The van der Waals surface area contributed by atoms with Crippen LogP contribution in [0.1, 0.15) is 6.42 Å². The third kappa shape index (κ3) is 0.554. The lowest BCUT2D eigenvalue weighted by molar-refractivity contribution is 0.395. The Kier molecular flexibility index (Phi) is 1.04. The van der Waals surface area contributed by atoms with Crippen molar-refractivity contribution in [3.05, 3.63) is 12.2 Å². The van der Waals surface area contributed by atoms with Gasteiger partial charge in [0.25, 0.3) is 0 Å². The minimum atomic E-state index is 0.991. The van der Waals surface area contributed by atoms with Gasteiger partial charge in [-0.15, -0.1) is 0 Å². The molecule has 3 rings (SSSR count). The average molecular weight is 152 g/mol. The molecule has 0 amide bonds. The summed E-state index contributed by atoms with van der Waals surface area (Å²) in [4.78, 5) is 0. The molecule has 3 aliphatic rings. The number of allylic oxidation sites excluding steroid dienone is 2. The lowest BCUT2D eigenvalue weighted by Gasteiger charge is -2.18. The Hall–Kier alpha value is 0.0900. The molecule has 54 valence electrons. The van der Waals surface area contributed by atoms with Crippen LogP contribution in [-0.4, -0.2) is 11.5 Å². The topological polar surface area (TPSA) is 0 Å². The van der Waals surface area contributed by atoms with Gasteiger partial charge in [0, 0.05) is 0 Å². The van der Waals surface area contributed by atoms with Crippen LogP contribution in [0.3, 0.4) is 0 Å². The van der Waals surface area contributed by atoms with Crippen molar-refractivity contribution in [1.82, 2.24) is 0 Å². The first-order valence-electron chi connectivity index (χ1n) is 4.21. The number of fused-ring (bicyclic) bond motifs is 5. The molecule has 0 spiro atoms. The third-order valence-electron chi connectivity index (χ3n) is 3.42. The van der Waals surface area contributed by atoms with Crippen LogP contribution in [-0.2, 0) is 0 Å². The van der Waals surface area contributed by atoms with Crippen LogP contribution < -0.4 is 0 Å². The molecular formula is C9H12S. The molecule has 2 unspecified atom stereocenters. The van der Waals surface area contributed by atoms with E-state index in [9.17, 15) is 0 Å². The average Bonchev–Trinajstić information content (AvgIpc) is 2.60. The quantitative estimate of drug-likeness (QED) is 0.479.